The van der Waals surface area contributed by atoms with Crippen LogP contribution in [0.3, 0.4) is 0 Å². The van der Waals surface area contributed by atoms with Gasteiger partial charge in [-0.3, -0.25) is 0 Å². The van der Waals surface area contributed by atoms with Gasteiger partial charge >= 0.3 is 0 Å². The van der Waals surface area contributed by atoms with Gasteiger partial charge in [0.15, 0.2) is 0 Å². The first kappa shape index (κ1) is 13.7. The van der Waals surface area contributed by atoms with Gasteiger partial charge in [0.1, 0.15) is 0 Å². The Morgan fingerprint density at radius 3 is 2.07 bits per heavy atom. The van der Waals surface area contributed by atoms with Crippen molar-refractivity contribution >= 4 is 18.1 Å². The van der Waals surface area contributed by atoms with Crippen LogP contribution >= 0.6 is 12.4 Å². The third kappa shape index (κ3) is 4.15. The molecule has 1 aliphatic rings. The number of halogens is 1. The molecule has 0 N–H and O–H groups in total. The lowest BCUT2D eigenvalue weighted by Gasteiger charge is -2.28. The summed E-state index contributed by atoms with van der Waals surface area (Å²) < 4.78 is 5.28. The van der Waals surface area contributed by atoms with Crippen molar-refractivity contribution < 1.29 is 4.74 Å². The van der Waals surface area contributed by atoms with Gasteiger partial charge in [0.2, 0.25) is 0 Å². The molecule has 2 rings (SSSR count). The van der Waals surface area contributed by atoms with E-state index in [0.29, 0.717) is 0 Å². The molecule has 1 fully saturated rings. The normalized spacial score (nSPS) is 14.4. The lowest BCUT2D eigenvalue weighted by atomic mass is 10.3. The number of ether oxygens (including phenoxy) is 1. The van der Waals surface area contributed by atoms with E-state index in [1.54, 1.807) is 0 Å². The van der Waals surface area contributed by atoms with Gasteiger partial charge < -0.3 is 9.64 Å². The van der Waals surface area contributed by atoms with Crippen LogP contribution in [0.4, 0.5) is 5.69 Å². The molecule has 0 aliphatic carbocycles. The number of morpholine rings is 1. The summed E-state index contributed by atoms with van der Waals surface area (Å²) >= 11 is 0. The number of para-hydroxylation sites is 1. The van der Waals surface area contributed by atoms with Crippen molar-refractivity contribution in [2.24, 2.45) is 0 Å². The summed E-state index contributed by atoms with van der Waals surface area (Å²) in [4.78, 5) is 2.35. The Bertz CT molecular complexity index is 273. The Morgan fingerprint density at radius 2 is 1.53 bits per heavy atom. The quantitative estimate of drug-likeness (QED) is 0.689. The van der Waals surface area contributed by atoms with Crippen LogP contribution < -0.4 is 4.90 Å². The molecule has 5 heteroatoms. The highest BCUT2D eigenvalue weighted by molar-refractivity contribution is 5.85. The van der Waals surface area contributed by atoms with Gasteiger partial charge in [0.25, 0.3) is 0 Å². The molecule has 1 heterocycles. The van der Waals surface area contributed by atoms with E-state index >= 15 is 0 Å². The van der Waals surface area contributed by atoms with Crippen LogP contribution in [0, 0.1) is 10.8 Å². The molecule has 0 amide bonds. The number of nitrogens with zero attached hydrogens (tertiary/aromatic N) is 3. The second-order valence-electron chi connectivity index (χ2n) is 2.93. The standard InChI is InChI=1S/C10H13NO.ClH.N2/c1-2-4-10(5-3-1)11-6-8-12-9-7-11;;1-2/h1-5H,6-9H2;1H;. The molecule has 0 unspecified atom stereocenters. The number of rotatable bonds is 1. The fraction of sp³-hybridized carbons (Fsp3) is 0.400. The van der Waals surface area contributed by atoms with Crippen molar-refractivity contribution in [1.82, 2.24) is 0 Å². The van der Waals surface area contributed by atoms with Crippen molar-refractivity contribution in [3.05, 3.63) is 30.3 Å². The smallest absolute Gasteiger partial charge is 0.0642 e. The predicted octanol–water partition coefficient (Wildman–Crippen LogP) is 1.98. The SMILES string of the molecule is Cl.N#N.c1ccc(N2CCOCC2)cc1. The molecule has 0 bridgehead atoms. The minimum Gasteiger partial charge on any atom is -0.378 e. The molecular formula is C10H14ClN3O. The molecule has 1 aromatic rings. The Labute approximate surface area is 95.7 Å². The van der Waals surface area contributed by atoms with E-state index in [1.165, 1.54) is 5.69 Å². The Hall–Kier alpha value is -1.31. The zero-order valence-corrected chi connectivity index (χ0v) is 9.19. The van der Waals surface area contributed by atoms with Crippen LogP contribution in [0.15, 0.2) is 30.3 Å². The number of hydrogen-bond acceptors (Lipinski definition) is 4. The topological polar surface area (TPSA) is 60.0 Å². The summed E-state index contributed by atoms with van der Waals surface area (Å²) in [5, 5.41) is 12.0. The lowest BCUT2D eigenvalue weighted by Crippen LogP contribution is -2.36. The third-order valence-corrected chi connectivity index (χ3v) is 2.13. The second kappa shape index (κ2) is 8.04. The molecule has 1 aliphatic heterocycles. The van der Waals surface area contributed by atoms with Crippen LogP contribution in [0.5, 0.6) is 0 Å². The summed E-state index contributed by atoms with van der Waals surface area (Å²) in [5.41, 5.74) is 1.31. The van der Waals surface area contributed by atoms with Crippen LogP contribution in [-0.4, -0.2) is 26.3 Å². The van der Waals surface area contributed by atoms with E-state index in [0.717, 1.165) is 26.3 Å². The van der Waals surface area contributed by atoms with E-state index < -0.39 is 0 Å². The minimum absolute atomic E-state index is 0. The van der Waals surface area contributed by atoms with Gasteiger partial charge in [0.05, 0.1) is 13.2 Å². The second-order valence-corrected chi connectivity index (χ2v) is 2.93. The van der Waals surface area contributed by atoms with Gasteiger partial charge in [-0.25, -0.2) is 0 Å². The summed E-state index contributed by atoms with van der Waals surface area (Å²) in [6.45, 7) is 3.75. The van der Waals surface area contributed by atoms with Crippen LogP contribution in [0.2, 0.25) is 0 Å². The minimum atomic E-state index is 0. The Morgan fingerprint density at radius 1 is 1.00 bits per heavy atom. The van der Waals surface area contributed by atoms with Crippen molar-refractivity contribution in [1.29, 1.82) is 10.8 Å². The number of hydrogen-bond donors (Lipinski definition) is 0. The zero-order chi connectivity index (χ0) is 10.2. The van der Waals surface area contributed by atoms with E-state index in [4.69, 9.17) is 15.5 Å². The Kier molecular flexibility index (Phi) is 7.33. The molecule has 0 atom stereocenters. The largest absolute Gasteiger partial charge is 0.378 e. The highest BCUT2D eigenvalue weighted by atomic mass is 35.5. The Balaban J connectivity index is 0.000000617. The molecule has 0 saturated carbocycles. The van der Waals surface area contributed by atoms with Crippen molar-refractivity contribution in [3.63, 3.8) is 0 Å². The van der Waals surface area contributed by atoms with Crippen LogP contribution in [-0.2, 0) is 4.74 Å². The fourth-order valence-corrected chi connectivity index (χ4v) is 1.46. The fourth-order valence-electron chi connectivity index (χ4n) is 1.46. The average Bonchev–Trinajstić information content (AvgIpc) is 2.34. The summed E-state index contributed by atoms with van der Waals surface area (Å²) in [6.07, 6.45) is 0. The monoisotopic (exact) mass is 227 g/mol. The predicted molar refractivity (Wildman–Crippen MR) is 60.2 cm³/mol. The first-order valence-corrected chi connectivity index (χ1v) is 4.54. The van der Waals surface area contributed by atoms with Gasteiger partial charge in [-0.05, 0) is 12.1 Å². The number of anilines is 1. The molecule has 0 aromatic heterocycles. The van der Waals surface area contributed by atoms with Gasteiger partial charge in [0, 0.05) is 29.6 Å². The average molecular weight is 228 g/mol. The maximum atomic E-state index is 6.00. The molecule has 15 heavy (non-hydrogen) atoms. The van der Waals surface area contributed by atoms with Gasteiger partial charge in [-0.15, -0.1) is 12.4 Å². The van der Waals surface area contributed by atoms with E-state index in [-0.39, 0.29) is 12.4 Å². The molecule has 1 saturated heterocycles. The van der Waals surface area contributed by atoms with E-state index in [2.05, 4.69) is 29.2 Å². The summed E-state index contributed by atoms with van der Waals surface area (Å²) in [7, 11) is 0. The molecule has 0 spiro atoms. The van der Waals surface area contributed by atoms with Crippen molar-refractivity contribution in [3.8, 4) is 0 Å². The maximum Gasteiger partial charge on any atom is 0.0642 e. The molecule has 1 aromatic carbocycles. The van der Waals surface area contributed by atoms with E-state index in [9.17, 15) is 0 Å². The van der Waals surface area contributed by atoms with Crippen LogP contribution in [0.1, 0.15) is 0 Å². The van der Waals surface area contributed by atoms with Gasteiger partial charge in [-0.2, -0.15) is 0 Å². The highest BCUT2D eigenvalue weighted by Gasteiger charge is 2.09. The first-order valence-electron chi connectivity index (χ1n) is 4.54. The summed E-state index contributed by atoms with van der Waals surface area (Å²) in [6, 6.07) is 10.5. The molecule has 82 valence electrons. The first-order chi connectivity index (χ1) is 6.97. The molecule has 0 radical (unpaired) electrons. The van der Waals surface area contributed by atoms with Gasteiger partial charge in [-0.1, -0.05) is 18.2 Å². The van der Waals surface area contributed by atoms with Crippen LogP contribution in [0.25, 0.3) is 0 Å². The van der Waals surface area contributed by atoms with Crippen molar-refractivity contribution in [2.75, 3.05) is 31.2 Å². The highest BCUT2D eigenvalue weighted by Crippen LogP contribution is 2.13. The summed E-state index contributed by atoms with van der Waals surface area (Å²) in [5.74, 6) is 0. The number of benzene rings is 1. The van der Waals surface area contributed by atoms with Crippen molar-refractivity contribution in [2.45, 2.75) is 0 Å². The molecule has 4 nitrogen and oxygen atoms in total. The van der Waals surface area contributed by atoms with E-state index in [1.807, 2.05) is 6.07 Å². The zero-order valence-electron chi connectivity index (χ0n) is 8.37. The lowest BCUT2D eigenvalue weighted by molar-refractivity contribution is 0.122. The third-order valence-electron chi connectivity index (χ3n) is 2.13. The maximum absolute atomic E-state index is 6.00. The molecular weight excluding hydrogens is 214 g/mol.